The number of carbonyl (C=O) groups excluding carboxylic acids is 1. The number of carbonyl (C=O) groups is 1. The lowest BCUT2D eigenvalue weighted by Crippen LogP contribution is -2.15. The van der Waals surface area contributed by atoms with Crippen LogP contribution in [-0.2, 0) is 5.38 Å². The number of benzene rings is 1. The van der Waals surface area contributed by atoms with Gasteiger partial charge in [0.1, 0.15) is 17.2 Å². The van der Waals surface area contributed by atoms with Gasteiger partial charge in [-0.1, -0.05) is 0 Å². The van der Waals surface area contributed by atoms with Crippen LogP contribution in [0, 0.1) is 5.82 Å². The molecule has 1 aromatic carbocycles. The van der Waals surface area contributed by atoms with Crippen molar-refractivity contribution in [3.63, 3.8) is 0 Å². The van der Waals surface area contributed by atoms with E-state index >= 15 is 0 Å². The Morgan fingerprint density at radius 3 is 2.57 bits per heavy atom. The molecule has 1 N–H and O–H groups in total. The molecule has 10 heteroatoms. The summed E-state index contributed by atoms with van der Waals surface area (Å²) in [5.74, 6) is -0.891. The normalized spacial score (nSPS) is 11.7. The molecule has 4 rings (SSSR count). The van der Waals surface area contributed by atoms with E-state index in [1.807, 2.05) is 0 Å². The van der Waals surface area contributed by atoms with Crippen LogP contribution in [0.1, 0.15) is 16.2 Å². The minimum absolute atomic E-state index is 0.0199. The second-order valence-corrected chi connectivity index (χ2v) is 6.24. The number of hydrogen-bond donors (Lipinski definition) is 1. The fourth-order valence-electron chi connectivity index (χ4n) is 2.57. The summed E-state index contributed by atoms with van der Waals surface area (Å²) in [4.78, 5) is 16.6. The van der Waals surface area contributed by atoms with Crippen LogP contribution in [0.25, 0.3) is 17.1 Å². The van der Waals surface area contributed by atoms with Crippen LogP contribution in [0.3, 0.4) is 0 Å². The van der Waals surface area contributed by atoms with Crippen molar-refractivity contribution in [2.45, 2.75) is 5.38 Å². The van der Waals surface area contributed by atoms with Crippen LogP contribution in [-0.4, -0.2) is 20.5 Å². The number of nitrogens with zero attached hydrogens (tertiary/aromatic N) is 3. The van der Waals surface area contributed by atoms with Gasteiger partial charge in [-0.25, -0.2) is 13.9 Å². The van der Waals surface area contributed by atoms with Gasteiger partial charge in [0.25, 0.3) is 5.91 Å². The Kier molecular flexibility index (Phi) is 4.31. The summed E-state index contributed by atoms with van der Waals surface area (Å²) in [5, 5.41) is 2.62. The molecule has 3 heterocycles. The van der Waals surface area contributed by atoms with E-state index in [9.17, 15) is 18.0 Å². The maximum absolute atomic E-state index is 13.9. The van der Waals surface area contributed by atoms with E-state index in [-0.39, 0.29) is 22.8 Å². The fourth-order valence-corrected chi connectivity index (χ4v) is 2.70. The molecule has 0 saturated heterocycles. The molecule has 0 radical (unpaired) electrons. The lowest BCUT2D eigenvalue weighted by Gasteiger charge is -2.11. The first-order valence-corrected chi connectivity index (χ1v) is 8.28. The largest absolute Gasteiger partial charge is 0.463 e. The number of hydrogen-bond acceptors (Lipinski definition) is 4. The van der Waals surface area contributed by atoms with Gasteiger partial charge in [-0.15, -0.1) is 0 Å². The van der Waals surface area contributed by atoms with Crippen LogP contribution in [0.15, 0.2) is 59.2 Å². The highest BCUT2D eigenvalue weighted by atomic mass is 35.5. The number of furan rings is 1. The molecule has 0 atom stereocenters. The molecule has 0 aliphatic carbocycles. The van der Waals surface area contributed by atoms with E-state index < -0.39 is 22.8 Å². The second-order valence-electron chi connectivity index (χ2n) is 5.76. The van der Waals surface area contributed by atoms with E-state index in [4.69, 9.17) is 16.0 Å². The van der Waals surface area contributed by atoms with Gasteiger partial charge in [-0.3, -0.25) is 4.79 Å². The molecule has 3 aromatic heterocycles. The van der Waals surface area contributed by atoms with Crippen LogP contribution in [0.4, 0.5) is 18.9 Å². The van der Waals surface area contributed by atoms with Gasteiger partial charge in [0, 0.05) is 11.8 Å². The molecule has 4 aromatic rings. The van der Waals surface area contributed by atoms with Gasteiger partial charge in [0.05, 0.1) is 6.26 Å². The molecular weight excluding hydrogens is 397 g/mol. The molecule has 0 bridgehead atoms. The lowest BCUT2D eigenvalue weighted by molar-refractivity contribution is 0.0869. The minimum Gasteiger partial charge on any atom is -0.463 e. The number of halogens is 4. The van der Waals surface area contributed by atoms with Crippen molar-refractivity contribution in [3.8, 4) is 11.5 Å². The maximum Gasteiger partial charge on any atom is 0.364 e. The first-order chi connectivity index (χ1) is 13.3. The summed E-state index contributed by atoms with van der Waals surface area (Å²) < 4.78 is 46.8. The van der Waals surface area contributed by atoms with Crippen molar-refractivity contribution in [2.75, 3.05) is 5.32 Å². The van der Waals surface area contributed by atoms with Crippen LogP contribution in [0.5, 0.6) is 0 Å². The zero-order valence-electron chi connectivity index (χ0n) is 13.9. The molecule has 0 aliphatic rings. The number of nitrogens with one attached hydrogen (secondary N) is 1. The molecule has 28 heavy (non-hydrogen) atoms. The Balaban J connectivity index is 1.77. The van der Waals surface area contributed by atoms with Crippen molar-refractivity contribution >= 4 is 28.8 Å². The number of amides is 1. The second kappa shape index (κ2) is 6.68. The summed E-state index contributed by atoms with van der Waals surface area (Å²) in [6.45, 7) is 0. The fraction of sp³-hybridized carbons (Fsp3) is 0.0556. The average Bonchev–Trinajstić information content (AvgIpc) is 3.31. The molecular formula is C18H10ClF3N4O2. The Labute approximate surface area is 160 Å². The van der Waals surface area contributed by atoms with E-state index in [2.05, 4.69) is 15.4 Å². The van der Waals surface area contributed by atoms with Crippen molar-refractivity contribution in [3.05, 3.63) is 72.0 Å². The summed E-state index contributed by atoms with van der Waals surface area (Å²) in [6, 6.07) is 10.4. The van der Waals surface area contributed by atoms with E-state index in [1.165, 1.54) is 36.6 Å². The van der Waals surface area contributed by atoms with Crippen molar-refractivity contribution in [2.24, 2.45) is 0 Å². The summed E-state index contributed by atoms with van der Waals surface area (Å²) in [5.41, 5.74) is -0.440. The van der Waals surface area contributed by atoms with Gasteiger partial charge < -0.3 is 9.73 Å². The van der Waals surface area contributed by atoms with Gasteiger partial charge in [-0.05, 0) is 54.1 Å². The highest BCUT2D eigenvalue weighted by molar-refractivity contribution is 6.21. The van der Waals surface area contributed by atoms with Gasteiger partial charge >= 0.3 is 5.38 Å². The Hall–Kier alpha value is -3.33. The number of alkyl halides is 3. The monoisotopic (exact) mass is 406 g/mol. The molecule has 0 saturated carbocycles. The van der Waals surface area contributed by atoms with Gasteiger partial charge in [0.15, 0.2) is 17.1 Å². The van der Waals surface area contributed by atoms with Crippen LogP contribution in [0.2, 0.25) is 0 Å². The van der Waals surface area contributed by atoms with Crippen molar-refractivity contribution in [1.82, 2.24) is 14.6 Å². The summed E-state index contributed by atoms with van der Waals surface area (Å²) in [6.07, 6.45) is 1.37. The molecule has 0 unspecified atom stereocenters. The minimum atomic E-state index is -3.76. The third-order valence-electron chi connectivity index (χ3n) is 3.83. The van der Waals surface area contributed by atoms with E-state index in [1.54, 1.807) is 12.1 Å². The molecule has 0 fully saturated rings. The SMILES string of the molecule is O=C(Nc1ccc(F)cc1)c1cc2nc(-c3ccco3)cc(C(F)(F)Cl)n2n1. The van der Waals surface area contributed by atoms with Gasteiger partial charge in [0.2, 0.25) is 0 Å². The van der Waals surface area contributed by atoms with Crippen molar-refractivity contribution < 1.29 is 22.4 Å². The van der Waals surface area contributed by atoms with Crippen LogP contribution < -0.4 is 5.32 Å². The third kappa shape index (κ3) is 3.44. The van der Waals surface area contributed by atoms with E-state index in [0.717, 1.165) is 10.6 Å². The zero-order chi connectivity index (χ0) is 19.9. The maximum atomic E-state index is 13.9. The lowest BCUT2D eigenvalue weighted by atomic mass is 10.2. The first-order valence-electron chi connectivity index (χ1n) is 7.90. The van der Waals surface area contributed by atoms with Gasteiger partial charge in [-0.2, -0.15) is 13.9 Å². The zero-order valence-corrected chi connectivity index (χ0v) is 14.6. The van der Waals surface area contributed by atoms with E-state index in [0.29, 0.717) is 5.69 Å². The highest BCUT2D eigenvalue weighted by Gasteiger charge is 2.33. The number of aromatic nitrogens is 3. The Bertz CT molecular complexity index is 1150. The highest BCUT2D eigenvalue weighted by Crippen LogP contribution is 2.34. The topological polar surface area (TPSA) is 72.4 Å². The average molecular weight is 407 g/mol. The number of anilines is 1. The smallest absolute Gasteiger partial charge is 0.364 e. The quantitative estimate of drug-likeness (QED) is 0.500. The molecule has 6 nitrogen and oxygen atoms in total. The number of rotatable bonds is 4. The molecule has 142 valence electrons. The number of fused-ring (bicyclic) bond motifs is 1. The third-order valence-corrected chi connectivity index (χ3v) is 4.02. The Morgan fingerprint density at radius 1 is 1.18 bits per heavy atom. The standard InChI is InChI=1S/C18H10ClF3N4O2/c19-18(21,22)15-8-12(14-2-1-7-28-14)24-16-9-13(25-26(15)16)17(27)23-11-5-3-10(20)4-6-11/h1-9H,(H,23,27). The van der Waals surface area contributed by atoms with Crippen LogP contribution >= 0.6 is 11.6 Å². The molecule has 0 aliphatic heterocycles. The molecule has 0 spiro atoms. The molecule has 1 amide bonds. The predicted molar refractivity (Wildman–Crippen MR) is 94.8 cm³/mol. The van der Waals surface area contributed by atoms with Crippen molar-refractivity contribution in [1.29, 1.82) is 0 Å². The predicted octanol–water partition coefficient (Wildman–Crippen LogP) is 4.67. The summed E-state index contributed by atoms with van der Waals surface area (Å²) >= 11 is 5.22. The summed E-state index contributed by atoms with van der Waals surface area (Å²) in [7, 11) is 0. The first kappa shape index (κ1) is 18.1. The Morgan fingerprint density at radius 2 is 1.93 bits per heavy atom.